The lowest BCUT2D eigenvalue weighted by Gasteiger charge is -2.25. The van der Waals surface area contributed by atoms with Gasteiger partial charge in [-0.05, 0) is 60.2 Å². The summed E-state index contributed by atoms with van der Waals surface area (Å²) in [4.78, 5) is 31.6. The van der Waals surface area contributed by atoms with Crippen molar-refractivity contribution in [2.24, 2.45) is 0 Å². The van der Waals surface area contributed by atoms with Crippen LogP contribution in [0.1, 0.15) is 17.2 Å². The van der Waals surface area contributed by atoms with Crippen LogP contribution in [0.25, 0.3) is 5.76 Å². The maximum Gasteiger partial charge on any atom is 0.300 e. The van der Waals surface area contributed by atoms with E-state index < -0.39 is 17.7 Å². The number of rotatable bonds is 5. The number of carbonyl (C=O) groups is 2. The van der Waals surface area contributed by atoms with E-state index in [2.05, 4.69) is 4.98 Å². The van der Waals surface area contributed by atoms with Gasteiger partial charge in [0.2, 0.25) is 0 Å². The molecule has 8 heteroatoms. The molecular weight excluding hydrogens is 432 g/mol. The SMILES string of the molecule is COc1ccc(/C(O)=C2/C(=O)C(=O)N(c3ccc(Cl)cc3)C2c2ccncc2)cc1OC. The summed E-state index contributed by atoms with van der Waals surface area (Å²) < 4.78 is 10.5. The Hall–Kier alpha value is -3.84. The van der Waals surface area contributed by atoms with Crippen molar-refractivity contribution in [1.29, 1.82) is 0 Å². The van der Waals surface area contributed by atoms with E-state index in [4.69, 9.17) is 21.1 Å². The zero-order chi connectivity index (χ0) is 22.8. The smallest absolute Gasteiger partial charge is 0.300 e. The molecule has 1 atom stereocenters. The number of pyridine rings is 1. The van der Waals surface area contributed by atoms with E-state index in [0.717, 1.165) is 0 Å². The van der Waals surface area contributed by atoms with Gasteiger partial charge in [0.05, 0.1) is 25.8 Å². The third-order valence-electron chi connectivity index (χ3n) is 5.23. The fourth-order valence-electron chi connectivity index (χ4n) is 3.70. The molecule has 1 N–H and O–H groups in total. The van der Waals surface area contributed by atoms with E-state index in [1.807, 2.05) is 0 Å². The molecule has 0 aliphatic carbocycles. The number of carbonyl (C=O) groups excluding carboxylic acids is 2. The fourth-order valence-corrected chi connectivity index (χ4v) is 3.83. The summed E-state index contributed by atoms with van der Waals surface area (Å²) in [5.41, 5.74) is 1.38. The maximum absolute atomic E-state index is 13.1. The average molecular weight is 451 g/mol. The van der Waals surface area contributed by atoms with Gasteiger partial charge in [0, 0.05) is 28.7 Å². The zero-order valence-corrected chi connectivity index (χ0v) is 18.0. The van der Waals surface area contributed by atoms with Crippen LogP contribution in [0.15, 0.2) is 72.6 Å². The van der Waals surface area contributed by atoms with Crippen LogP contribution >= 0.6 is 11.6 Å². The summed E-state index contributed by atoms with van der Waals surface area (Å²) in [7, 11) is 2.97. The molecule has 1 aliphatic heterocycles. The largest absolute Gasteiger partial charge is 0.507 e. The Labute approximate surface area is 189 Å². The van der Waals surface area contributed by atoms with Crippen LogP contribution in [0.3, 0.4) is 0 Å². The number of aromatic nitrogens is 1. The van der Waals surface area contributed by atoms with Crippen molar-refractivity contribution in [2.45, 2.75) is 6.04 Å². The highest BCUT2D eigenvalue weighted by atomic mass is 35.5. The highest BCUT2D eigenvalue weighted by Gasteiger charge is 2.47. The molecule has 1 aliphatic rings. The number of nitrogens with zero attached hydrogens (tertiary/aromatic N) is 2. The summed E-state index contributed by atoms with van der Waals surface area (Å²) in [5, 5.41) is 11.7. The molecular formula is C24H19ClN2O5. The number of halogens is 1. The summed E-state index contributed by atoms with van der Waals surface area (Å²) in [6.07, 6.45) is 3.13. The predicted molar refractivity (Wildman–Crippen MR) is 120 cm³/mol. The molecule has 1 amide bonds. The standard InChI is InChI=1S/C24H19ClN2O5/c1-31-18-8-3-15(13-19(18)32-2)22(28)20-21(14-9-11-26-12-10-14)27(24(30)23(20)29)17-6-4-16(25)5-7-17/h3-13,21,28H,1-2H3/b22-20-. The number of hydrogen-bond donors (Lipinski definition) is 1. The first-order valence-corrected chi connectivity index (χ1v) is 10.0. The first kappa shape index (κ1) is 21.4. The molecule has 32 heavy (non-hydrogen) atoms. The monoisotopic (exact) mass is 450 g/mol. The molecule has 1 fully saturated rings. The number of Topliss-reactive ketones (excluding diaryl/α,β-unsaturated/α-hetero) is 1. The van der Waals surface area contributed by atoms with Crippen LogP contribution < -0.4 is 14.4 Å². The van der Waals surface area contributed by atoms with Crippen molar-refractivity contribution < 1.29 is 24.2 Å². The Morgan fingerprint density at radius 2 is 1.62 bits per heavy atom. The molecule has 0 radical (unpaired) electrons. The Kier molecular flexibility index (Phi) is 5.83. The number of amides is 1. The molecule has 4 rings (SSSR count). The van der Waals surface area contributed by atoms with Gasteiger partial charge in [-0.15, -0.1) is 0 Å². The molecule has 1 aromatic heterocycles. The summed E-state index contributed by atoms with van der Waals surface area (Å²) in [6.45, 7) is 0. The predicted octanol–water partition coefficient (Wildman–Crippen LogP) is 4.38. The number of aliphatic hydroxyl groups excluding tert-OH is 1. The highest BCUT2D eigenvalue weighted by Crippen LogP contribution is 2.43. The van der Waals surface area contributed by atoms with Crippen molar-refractivity contribution in [1.82, 2.24) is 4.98 Å². The van der Waals surface area contributed by atoms with Gasteiger partial charge in [-0.25, -0.2) is 0 Å². The van der Waals surface area contributed by atoms with Gasteiger partial charge in [0.25, 0.3) is 11.7 Å². The minimum absolute atomic E-state index is 0.0385. The molecule has 0 spiro atoms. The van der Waals surface area contributed by atoms with Crippen LogP contribution in [0, 0.1) is 0 Å². The average Bonchev–Trinajstić information content (AvgIpc) is 3.09. The van der Waals surface area contributed by atoms with Crippen LogP contribution in [-0.4, -0.2) is 36.0 Å². The van der Waals surface area contributed by atoms with E-state index in [9.17, 15) is 14.7 Å². The molecule has 2 heterocycles. The van der Waals surface area contributed by atoms with E-state index in [1.165, 1.54) is 19.1 Å². The molecule has 1 saturated heterocycles. The normalized spacial score (nSPS) is 17.5. The van der Waals surface area contributed by atoms with Gasteiger partial charge in [0.15, 0.2) is 11.5 Å². The van der Waals surface area contributed by atoms with Gasteiger partial charge in [-0.2, -0.15) is 0 Å². The minimum Gasteiger partial charge on any atom is -0.507 e. The Morgan fingerprint density at radius 3 is 2.25 bits per heavy atom. The number of aliphatic hydroxyl groups is 1. The quantitative estimate of drug-likeness (QED) is 0.352. The lowest BCUT2D eigenvalue weighted by atomic mass is 9.95. The van der Waals surface area contributed by atoms with Crippen LogP contribution in [0.2, 0.25) is 5.02 Å². The van der Waals surface area contributed by atoms with Crippen molar-refractivity contribution in [3.05, 3.63) is 88.7 Å². The molecule has 0 bridgehead atoms. The number of benzene rings is 2. The van der Waals surface area contributed by atoms with Gasteiger partial charge in [-0.3, -0.25) is 19.5 Å². The lowest BCUT2D eigenvalue weighted by Crippen LogP contribution is -2.29. The van der Waals surface area contributed by atoms with Gasteiger partial charge >= 0.3 is 0 Å². The Morgan fingerprint density at radius 1 is 0.969 bits per heavy atom. The van der Waals surface area contributed by atoms with Crippen LogP contribution in [0.4, 0.5) is 5.69 Å². The third kappa shape index (κ3) is 3.67. The topological polar surface area (TPSA) is 89.0 Å². The molecule has 0 saturated carbocycles. The van der Waals surface area contributed by atoms with Crippen molar-refractivity contribution in [2.75, 3.05) is 19.1 Å². The van der Waals surface area contributed by atoms with Crippen molar-refractivity contribution >= 4 is 34.7 Å². The first-order valence-electron chi connectivity index (χ1n) is 9.65. The second-order valence-electron chi connectivity index (χ2n) is 7.00. The van der Waals surface area contributed by atoms with Gasteiger partial charge in [0.1, 0.15) is 5.76 Å². The Bertz CT molecular complexity index is 1210. The molecule has 1 unspecified atom stereocenters. The van der Waals surface area contributed by atoms with E-state index >= 15 is 0 Å². The number of ketones is 1. The second kappa shape index (κ2) is 8.72. The van der Waals surface area contributed by atoms with E-state index in [1.54, 1.807) is 67.0 Å². The van der Waals surface area contributed by atoms with Gasteiger partial charge < -0.3 is 14.6 Å². The first-order chi connectivity index (χ1) is 15.5. The van der Waals surface area contributed by atoms with Crippen molar-refractivity contribution in [3.8, 4) is 11.5 Å². The number of anilines is 1. The van der Waals surface area contributed by atoms with Gasteiger partial charge in [-0.1, -0.05) is 11.6 Å². The Balaban J connectivity index is 1.92. The van der Waals surface area contributed by atoms with E-state index in [0.29, 0.717) is 33.3 Å². The summed E-state index contributed by atoms with van der Waals surface area (Å²) in [6, 6.07) is 13.9. The second-order valence-corrected chi connectivity index (χ2v) is 7.43. The lowest BCUT2D eigenvalue weighted by molar-refractivity contribution is -0.132. The number of methoxy groups -OCH3 is 2. The van der Waals surface area contributed by atoms with Crippen LogP contribution in [0.5, 0.6) is 11.5 Å². The van der Waals surface area contributed by atoms with Crippen LogP contribution in [-0.2, 0) is 9.59 Å². The zero-order valence-electron chi connectivity index (χ0n) is 17.3. The third-order valence-corrected chi connectivity index (χ3v) is 5.48. The molecule has 162 valence electrons. The maximum atomic E-state index is 13.1. The summed E-state index contributed by atoms with van der Waals surface area (Å²) in [5.74, 6) is -1.02. The summed E-state index contributed by atoms with van der Waals surface area (Å²) >= 11 is 6.00. The molecule has 2 aromatic carbocycles. The highest BCUT2D eigenvalue weighted by molar-refractivity contribution is 6.51. The number of ether oxygens (including phenoxy) is 2. The molecule has 3 aromatic rings. The minimum atomic E-state index is -0.854. The van der Waals surface area contributed by atoms with E-state index in [-0.39, 0.29) is 11.3 Å². The van der Waals surface area contributed by atoms with Crippen molar-refractivity contribution in [3.63, 3.8) is 0 Å². The number of hydrogen-bond acceptors (Lipinski definition) is 6. The fraction of sp³-hybridized carbons (Fsp3) is 0.125. The molecule has 7 nitrogen and oxygen atoms in total.